The Morgan fingerprint density at radius 3 is 2.03 bits per heavy atom. The summed E-state index contributed by atoms with van der Waals surface area (Å²) in [6.07, 6.45) is -10.00. The van der Waals surface area contributed by atoms with E-state index in [4.69, 9.17) is 11.6 Å². The number of nitrogens with one attached hydrogen (secondary N) is 1. The molecule has 0 unspecified atom stereocenters. The van der Waals surface area contributed by atoms with Gasteiger partial charge in [0, 0.05) is 22.0 Å². The predicted octanol–water partition coefficient (Wildman–Crippen LogP) is 7.52. The zero-order valence-corrected chi connectivity index (χ0v) is 18.9. The number of carbonyl (C=O) groups excluding carboxylic acids is 1. The molecule has 186 valence electrons. The number of nitrogens with zero attached hydrogens (tertiary/aromatic N) is 2. The molecule has 0 radical (unpaired) electrons. The van der Waals surface area contributed by atoms with Gasteiger partial charge in [0.25, 0.3) is 0 Å². The van der Waals surface area contributed by atoms with Crippen LogP contribution in [-0.4, -0.2) is 23.3 Å². The van der Waals surface area contributed by atoms with Gasteiger partial charge in [-0.1, -0.05) is 41.9 Å². The molecule has 4 rings (SSSR count). The average Bonchev–Trinajstić information content (AvgIpc) is 2.82. The molecule has 0 saturated heterocycles. The third-order valence-electron chi connectivity index (χ3n) is 5.18. The largest absolute Gasteiger partial charge is 0.465 e. The molecule has 0 fully saturated rings. The van der Waals surface area contributed by atoms with Gasteiger partial charge in [0.1, 0.15) is 5.69 Å². The molecule has 0 aliphatic heterocycles. The summed E-state index contributed by atoms with van der Waals surface area (Å²) in [6.45, 7) is 0. The van der Waals surface area contributed by atoms with Crippen LogP contribution in [0.2, 0.25) is 5.02 Å². The van der Waals surface area contributed by atoms with E-state index < -0.39 is 35.1 Å². The van der Waals surface area contributed by atoms with Crippen molar-refractivity contribution in [1.29, 1.82) is 0 Å². The van der Waals surface area contributed by atoms with Crippen molar-refractivity contribution < 1.29 is 35.9 Å². The molecule has 0 aliphatic rings. The summed E-state index contributed by atoms with van der Waals surface area (Å²) in [6, 6.07) is 12.0. The van der Waals surface area contributed by atoms with Crippen LogP contribution in [0.3, 0.4) is 0 Å². The zero-order chi connectivity index (χ0) is 26.3. The first kappa shape index (κ1) is 25.2. The monoisotopic (exact) mass is 525 g/mol. The van der Waals surface area contributed by atoms with Crippen LogP contribution in [0.4, 0.5) is 37.8 Å². The maximum Gasteiger partial charge on any atom is 0.416 e. The minimum atomic E-state index is -5.00. The molecular weight excluding hydrogens is 512 g/mol. The molecule has 1 aromatic heterocycles. The summed E-state index contributed by atoms with van der Waals surface area (Å²) in [4.78, 5) is 11.8. The topological polar surface area (TPSA) is 64.1 Å². The number of hydrogen-bond donors (Lipinski definition) is 1. The van der Waals surface area contributed by atoms with Crippen molar-refractivity contribution in [3.63, 3.8) is 0 Å². The first-order valence-electron chi connectivity index (χ1n) is 10.1. The van der Waals surface area contributed by atoms with Gasteiger partial charge in [-0.15, -0.1) is 10.2 Å². The lowest BCUT2D eigenvalue weighted by molar-refractivity contribution is -0.143. The third-order valence-corrected chi connectivity index (χ3v) is 5.50. The summed E-state index contributed by atoms with van der Waals surface area (Å²) in [5, 5.41) is 11.6. The Morgan fingerprint density at radius 1 is 0.861 bits per heavy atom. The number of halogens is 7. The highest BCUT2D eigenvalue weighted by Crippen LogP contribution is 2.39. The van der Waals surface area contributed by atoms with Crippen molar-refractivity contribution in [2.24, 2.45) is 0 Å². The van der Waals surface area contributed by atoms with E-state index in [0.29, 0.717) is 28.5 Å². The van der Waals surface area contributed by atoms with Crippen LogP contribution >= 0.6 is 11.6 Å². The lowest BCUT2D eigenvalue weighted by atomic mass is 10.0. The maximum absolute atomic E-state index is 13.2. The number of aromatic nitrogens is 2. The number of methoxy groups -OCH3 is 1. The lowest BCUT2D eigenvalue weighted by Gasteiger charge is -2.16. The van der Waals surface area contributed by atoms with Gasteiger partial charge >= 0.3 is 18.3 Å². The van der Waals surface area contributed by atoms with Crippen LogP contribution in [-0.2, 0) is 17.1 Å². The van der Waals surface area contributed by atoms with E-state index in [-0.39, 0.29) is 28.2 Å². The standard InChI is InChI=1S/C24H14ClF6N3O2/c1-36-22(35)12-6-7-18(19(25)8-12)20-16-4-2-3-5-17(16)21(34-33-20)32-15-10-13(23(26,27)28)9-14(11-15)24(29,30)31/h2-11H,1H3,(H,32,34). The third kappa shape index (κ3) is 5.06. The van der Waals surface area contributed by atoms with E-state index >= 15 is 0 Å². The number of anilines is 2. The molecule has 0 amide bonds. The number of ether oxygens (including phenoxy) is 1. The van der Waals surface area contributed by atoms with Crippen molar-refractivity contribution in [3.05, 3.63) is 82.4 Å². The number of rotatable bonds is 4. The molecule has 1 heterocycles. The van der Waals surface area contributed by atoms with Gasteiger partial charge in [-0.2, -0.15) is 26.3 Å². The molecular formula is C24H14ClF6N3O2. The number of carbonyl (C=O) groups is 1. The van der Waals surface area contributed by atoms with Crippen molar-refractivity contribution in [2.45, 2.75) is 12.4 Å². The summed E-state index contributed by atoms with van der Waals surface area (Å²) >= 11 is 6.35. The molecule has 4 aromatic rings. The second-order valence-corrected chi connectivity index (χ2v) is 7.96. The van der Waals surface area contributed by atoms with E-state index in [1.807, 2.05) is 0 Å². The van der Waals surface area contributed by atoms with Gasteiger partial charge in [-0.25, -0.2) is 4.79 Å². The minimum Gasteiger partial charge on any atom is -0.465 e. The fourth-order valence-electron chi connectivity index (χ4n) is 3.51. The second-order valence-electron chi connectivity index (χ2n) is 7.55. The van der Waals surface area contributed by atoms with Crippen molar-refractivity contribution in [2.75, 3.05) is 12.4 Å². The van der Waals surface area contributed by atoms with Gasteiger partial charge in [0.15, 0.2) is 5.82 Å². The molecule has 0 saturated carbocycles. The van der Waals surface area contributed by atoms with Crippen molar-refractivity contribution in [1.82, 2.24) is 10.2 Å². The molecule has 0 bridgehead atoms. The summed E-state index contributed by atoms with van der Waals surface area (Å²) in [7, 11) is 1.22. The molecule has 0 aliphatic carbocycles. The number of alkyl halides is 6. The first-order chi connectivity index (χ1) is 16.9. The van der Waals surface area contributed by atoms with Crippen LogP contribution in [0, 0.1) is 0 Å². The molecule has 3 aromatic carbocycles. The fraction of sp³-hybridized carbons (Fsp3) is 0.125. The maximum atomic E-state index is 13.2. The van der Waals surface area contributed by atoms with Gasteiger partial charge in [-0.3, -0.25) is 0 Å². The molecule has 1 N–H and O–H groups in total. The Bertz CT molecular complexity index is 1440. The number of esters is 1. The Hall–Kier alpha value is -3.86. The van der Waals surface area contributed by atoms with Crippen LogP contribution in [0.5, 0.6) is 0 Å². The van der Waals surface area contributed by atoms with E-state index in [1.54, 1.807) is 24.3 Å². The second kappa shape index (κ2) is 9.30. The Morgan fingerprint density at radius 2 is 1.47 bits per heavy atom. The number of hydrogen-bond acceptors (Lipinski definition) is 5. The predicted molar refractivity (Wildman–Crippen MR) is 121 cm³/mol. The number of fused-ring (bicyclic) bond motifs is 1. The molecule has 12 heteroatoms. The van der Waals surface area contributed by atoms with Gasteiger partial charge in [-0.05, 0) is 30.3 Å². The highest BCUT2D eigenvalue weighted by atomic mass is 35.5. The van der Waals surface area contributed by atoms with Gasteiger partial charge < -0.3 is 10.1 Å². The van der Waals surface area contributed by atoms with E-state index in [9.17, 15) is 31.1 Å². The first-order valence-corrected chi connectivity index (χ1v) is 10.5. The van der Waals surface area contributed by atoms with Crippen molar-refractivity contribution in [3.8, 4) is 11.3 Å². The highest BCUT2D eigenvalue weighted by Gasteiger charge is 2.37. The average molecular weight is 526 g/mol. The SMILES string of the molecule is COC(=O)c1ccc(-c2nnc(Nc3cc(C(F)(F)F)cc(C(F)(F)F)c3)c3ccccc23)c(Cl)c1. The molecule has 0 atom stereocenters. The Kier molecular flexibility index (Phi) is 6.52. The van der Waals surface area contributed by atoms with Crippen LogP contribution in [0.25, 0.3) is 22.0 Å². The highest BCUT2D eigenvalue weighted by molar-refractivity contribution is 6.34. The molecule has 0 spiro atoms. The van der Waals surface area contributed by atoms with Gasteiger partial charge in [0.2, 0.25) is 0 Å². The Labute approximate surface area is 204 Å². The van der Waals surface area contributed by atoms with Crippen molar-refractivity contribution >= 4 is 39.8 Å². The normalized spacial score (nSPS) is 12.0. The Balaban J connectivity index is 1.81. The van der Waals surface area contributed by atoms with E-state index in [1.165, 1.54) is 25.3 Å². The fourth-order valence-corrected chi connectivity index (χ4v) is 3.78. The number of benzene rings is 3. The smallest absolute Gasteiger partial charge is 0.416 e. The van der Waals surface area contributed by atoms with Gasteiger partial charge in [0.05, 0.1) is 28.8 Å². The summed E-state index contributed by atoms with van der Waals surface area (Å²) < 4.78 is 84.1. The van der Waals surface area contributed by atoms with E-state index in [2.05, 4.69) is 20.3 Å². The van der Waals surface area contributed by atoms with Crippen LogP contribution in [0.15, 0.2) is 60.7 Å². The summed E-state index contributed by atoms with van der Waals surface area (Å²) in [5.74, 6) is -0.664. The van der Waals surface area contributed by atoms with E-state index in [0.717, 1.165) is 0 Å². The molecule has 36 heavy (non-hydrogen) atoms. The zero-order valence-electron chi connectivity index (χ0n) is 18.1. The molecule has 5 nitrogen and oxygen atoms in total. The summed E-state index contributed by atoms with van der Waals surface area (Å²) in [5.41, 5.74) is -2.51. The lowest BCUT2D eigenvalue weighted by Crippen LogP contribution is -2.12. The van der Waals surface area contributed by atoms with Crippen LogP contribution in [0.1, 0.15) is 21.5 Å². The quantitative estimate of drug-likeness (QED) is 0.220. The minimum absolute atomic E-state index is 0.0397. The van der Waals surface area contributed by atoms with Crippen LogP contribution < -0.4 is 5.32 Å².